The Kier molecular flexibility index (Phi) is 5.51. The highest BCUT2D eigenvalue weighted by Crippen LogP contribution is 2.30. The second kappa shape index (κ2) is 7.21. The molecule has 0 saturated carbocycles. The third kappa shape index (κ3) is 3.96. The molecule has 0 heterocycles. The zero-order valence-electron chi connectivity index (χ0n) is 13.1. The van der Waals surface area contributed by atoms with Crippen molar-refractivity contribution in [2.45, 2.75) is 11.4 Å². The second-order valence-electron chi connectivity index (χ2n) is 4.90. The Hall–Kier alpha value is -1.76. The minimum atomic E-state index is -3.73. The van der Waals surface area contributed by atoms with Gasteiger partial charge in [0, 0.05) is 24.7 Å². The molecule has 2 aromatic carbocycles. The van der Waals surface area contributed by atoms with E-state index < -0.39 is 10.0 Å². The van der Waals surface area contributed by atoms with Crippen LogP contribution in [0.4, 0.5) is 0 Å². The molecule has 0 aliphatic rings. The van der Waals surface area contributed by atoms with E-state index in [1.54, 1.807) is 36.4 Å². The van der Waals surface area contributed by atoms with Crippen LogP contribution in [0.3, 0.4) is 0 Å². The van der Waals surface area contributed by atoms with Crippen molar-refractivity contribution in [3.05, 3.63) is 53.1 Å². The Bertz CT molecular complexity index is 775. The largest absolute Gasteiger partial charge is 0.497 e. The molecular formula is C16H18ClNO4S. The number of rotatable bonds is 6. The number of ether oxygens (including phenoxy) is 2. The van der Waals surface area contributed by atoms with Crippen LogP contribution in [0, 0.1) is 0 Å². The minimum Gasteiger partial charge on any atom is -0.497 e. The first-order chi connectivity index (χ1) is 10.9. The third-order valence-electron chi connectivity index (χ3n) is 3.38. The van der Waals surface area contributed by atoms with Gasteiger partial charge in [-0.25, -0.2) is 8.42 Å². The molecule has 23 heavy (non-hydrogen) atoms. The van der Waals surface area contributed by atoms with Crippen LogP contribution in [0.15, 0.2) is 47.4 Å². The molecule has 0 spiro atoms. The average molecular weight is 356 g/mol. The van der Waals surface area contributed by atoms with Gasteiger partial charge in [-0.15, -0.1) is 0 Å². The van der Waals surface area contributed by atoms with Crippen molar-refractivity contribution in [3.63, 3.8) is 0 Å². The van der Waals surface area contributed by atoms with E-state index in [2.05, 4.69) is 0 Å². The van der Waals surface area contributed by atoms with Gasteiger partial charge in [0.25, 0.3) is 0 Å². The molecule has 2 rings (SSSR count). The maximum atomic E-state index is 12.8. The monoisotopic (exact) mass is 355 g/mol. The lowest BCUT2D eigenvalue weighted by Gasteiger charge is -2.19. The molecular weight excluding hydrogens is 338 g/mol. The molecule has 0 unspecified atom stereocenters. The molecule has 124 valence electrons. The van der Waals surface area contributed by atoms with Crippen LogP contribution in [-0.2, 0) is 16.6 Å². The number of hydrogen-bond acceptors (Lipinski definition) is 4. The second-order valence-corrected chi connectivity index (χ2v) is 7.35. The molecule has 7 heteroatoms. The van der Waals surface area contributed by atoms with E-state index >= 15 is 0 Å². The lowest BCUT2D eigenvalue weighted by atomic mass is 10.2. The van der Waals surface area contributed by atoms with E-state index in [9.17, 15) is 8.42 Å². The molecule has 0 bridgehead atoms. The predicted molar refractivity (Wildman–Crippen MR) is 89.7 cm³/mol. The molecule has 0 aliphatic carbocycles. The molecule has 5 nitrogen and oxygen atoms in total. The Morgan fingerprint density at radius 3 is 2.26 bits per heavy atom. The number of halogens is 1. The van der Waals surface area contributed by atoms with Crippen LogP contribution in [0.5, 0.6) is 11.5 Å². The SMILES string of the molecule is COc1ccc(OC)c(S(=O)(=O)N(C)Cc2ccc(Cl)cc2)c1. The van der Waals surface area contributed by atoms with E-state index in [0.717, 1.165) is 5.56 Å². The summed E-state index contributed by atoms with van der Waals surface area (Å²) < 4.78 is 37.2. The van der Waals surface area contributed by atoms with Crippen molar-refractivity contribution in [2.24, 2.45) is 0 Å². The van der Waals surface area contributed by atoms with Crippen molar-refractivity contribution in [3.8, 4) is 11.5 Å². The van der Waals surface area contributed by atoms with E-state index in [1.807, 2.05) is 0 Å². The van der Waals surface area contributed by atoms with E-state index in [-0.39, 0.29) is 17.2 Å². The van der Waals surface area contributed by atoms with Gasteiger partial charge in [0.1, 0.15) is 16.4 Å². The van der Waals surface area contributed by atoms with Crippen LogP contribution >= 0.6 is 11.6 Å². The quantitative estimate of drug-likeness (QED) is 0.798. The summed E-state index contributed by atoms with van der Waals surface area (Å²) in [5, 5.41) is 0.605. The zero-order chi connectivity index (χ0) is 17.0. The van der Waals surface area contributed by atoms with Crippen LogP contribution < -0.4 is 9.47 Å². The Balaban J connectivity index is 2.35. The number of methoxy groups -OCH3 is 2. The Morgan fingerprint density at radius 2 is 1.70 bits per heavy atom. The average Bonchev–Trinajstić information content (AvgIpc) is 2.56. The van der Waals surface area contributed by atoms with Crippen molar-refractivity contribution in [2.75, 3.05) is 21.3 Å². The van der Waals surface area contributed by atoms with Crippen LogP contribution in [0.2, 0.25) is 5.02 Å². The first-order valence-electron chi connectivity index (χ1n) is 6.81. The van der Waals surface area contributed by atoms with Gasteiger partial charge in [-0.3, -0.25) is 0 Å². The summed E-state index contributed by atoms with van der Waals surface area (Å²) in [6, 6.07) is 11.7. The van der Waals surface area contributed by atoms with Crippen molar-refractivity contribution in [1.82, 2.24) is 4.31 Å². The fraction of sp³-hybridized carbons (Fsp3) is 0.250. The van der Waals surface area contributed by atoms with Crippen molar-refractivity contribution >= 4 is 21.6 Å². The van der Waals surface area contributed by atoms with Gasteiger partial charge in [-0.1, -0.05) is 23.7 Å². The molecule has 0 N–H and O–H groups in total. The fourth-order valence-corrected chi connectivity index (χ4v) is 3.54. The van der Waals surface area contributed by atoms with Gasteiger partial charge in [-0.2, -0.15) is 4.31 Å². The summed E-state index contributed by atoms with van der Waals surface area (Å²) in [5.41, 5.74) is 0.835. The highest BCUT2D eigenvalue weighted by molar-refractivity contribution is 7.89. The Labute approximate surface area is 141 Å². The van der Waals surface area contributed by atoms with Crippen LogP contribution in [-0.4, -0.2) is 34.0 Å². The summed E-state index contributed by atoms with van der Waals surface area (Å²) in [6.45, 7) is 0.222. The summed E-state index contributed by atoms with van der Waals surface area (Å²) in [7, 11) is 0.702. The number of benzene rings is 2. The van der Waals surface area contributed by atoms with E-state index in [4.69, 9.17) is 21.1 Å². The molecule has 0 amide bonds. The molecule has 0 radical (unpaired) electrons. The third-order valence-corrected chi connectivity index (χ3v) is 5.45. The molecule has 0 fully saturated rings. The molecule has 0 atom stereocenters. The lowest BCUT2D eigenvalue weighted by molar-refractivity contribution is 0.388. The van der Waals surface area contributed by atoms with Crippen molar-refractivity contribution in [1.29, 1.82) is 0 Å². The molecule has 0 aliphatic heterocycles. The van der Waals surface area contributed by atoms with Crippen LogP contribution in [0.25, 0.3) is 0 Å². The van der Waals surface area contributed by atoms with E-state index in [1.165, 1.54) is 31.6 Å². The maximum Gasteiger partial charge on any atom is 0.246 e. The zero-order valence-corrected chi connectivity index (χ0v) is 14.7. The smallest absolute Gasteiger partial charge is 0.246 e. The highest BCUT2D eigenvalue weighted by atomic mass is 35.5. The summed E-state index contributed by atoms with van der Waals surface area (Å²) >= 11 is 5.84. The Morgan fingerprint density at radius 1 is 1.04 bits per heavy atom. The van der Waals surface area contributed by atoms with Crippen molar-refractivity contribution < 1.29 is 17.9 Å². The van der Waals surface area contributed by atoms with Gasteiger partial charge in [0.15, 0.2) is 0 Å². The topological polar surface area (TPSA) is 55.8 Å². The molecule has 2 aromatic rings. The molecule has 0 saturated heterocycles. The fourth-order valence-electron chi connectivity index (χ4n) is 2.09. The minimum absolute atomic E-state index is 0.0656. The van der Waals surface area contributed by atoms with Gasteiger partial charge >= 0.3 is 0 Å². The first kappa shape index (κ1) is 17.6. The standard InChI is InChI=1S/C16H18ClNO4S/c1-18(11-12-4-6-13(17)7-5-12)23(19,20)16-10-14(21-2)8-9-15(16)22-3/h4-10H,11H2,1-3H3. The van der Waals surface area contributed by atoms with Gasteiger partial charge in [0.2, 0.25) is 10.0 Å². The number of nitrogens with zero attached hydrogens (tertiary/aromatic N) is 1. The van der Waals surface area contributed by atoms with Gasteiger partial charge < -0.3 is 9.47 Å². The predicted octanol–water partition coefficient (Wildman–Crippen LogP) is 3.18. The maximum absolute atomic E-state index is 12.8. The number of sulfonamides is 1. The normalized spacial score (nSPS) is 11.5. The van der Waals surface area contributed by atoms with E-state index in [0.29, 0.717) is 10.8 Å². The lowest BCUT2D eigenvalue weighted by Crippen LogP contribution is -2.27. The molecule has 0 aromatic heterocycles. The summed E-state index contributed by atoms with van der Waals surface area (Å²) in [5.74, 6) is 0.720. The highest BCUT2D eigenvalue weighted by Gasteiger charge is 2.25. The summed E-state index contributed by atoms with van der Waals surface area (Å²) in [6.07, 6.45) is 0. The summed E-state index contributed by atoms with van der Waals surface area (Å²) in [4.78, 5) is 0.0656. The number of hydrogen-bond donors (Lipinski definition) is 0. The van der Waals surface area contributed by atoms with Gasteiger partial charge in [0.05, 0.1) is 14.2 Å². The van der Waals surface area contributed by atoms with Crippen LogP contribution in [0.1, 0.15) is 5.56 Å². The van der Waals surface area contributed by atoms with Gasteiger partial charge in [-0.05, 0) is 29.8 Å². The first-order valence-corrected chi connectivity index (χ1v) is 8.63.